The van der Waals surface area contributed by atoms with Crippen molar-refractivity contribution in [1.29, 1.82) is 0 Å². The van der Waals surface area contributed by atoms with Crippen LogP contribution in [0.3, 0.4) is 0 Å². The van der Waals surface area contributed by atoms with Crippen molar-refractivity contribution in [3.8, 4) is 0 Å². The highest BCUT2D eigenvalue weighted by atomic mass is 32.2. The highest BCUT2D eigenvalue weighted by Gasteiger charge is 2.17. The van der Waals surface area contributed by atoms with Gasteiger partial charge in [0.1, 0.15) is 5.82 Å². The van der Waals surface area contributed by atoms with Crippen LogP contribution in [0.15, 0.2) is 29.3 Å². The lowest BCUT2D eigenvalue weighted by Crippen LogP contribution is -2.26. The molecule has 3 rings (SSSR count). The normalized spacial score (nSPS) is 14.8. The Kier molecular flexibility index (Phi) is 4.31. The molecule has 6 heteroatoms. The molecule has 0 atom stereocenters. The van der Waals surface area contributed by atoms with Gasteiger partial charge in [-0.1, -0.05) is 6.07 Å². The lowest BCUT2D eigenvalue weighted by atomic mass is 9.92. The van der Waals surface area contributed by atoms with Gasteiger partial charge in [0.2, 0.25) is 10.0 Å². The summed E-state index contributed by atoms with van der Waals surface area (Å²) in [5, 5.41) is 0. The number of imidazole rings is 1. The maximum absolute atomic E-state index is 12.4. The van der Waals surface area contributed by atoms with Gasteiger partial charge in [-0.05, 0) is 55.9 Å². The number of fused-ring (bicyclic) bond motifs is 1. The smallest absolute Gasteiger partial charge is 0.240 e. The molecule has 0 saturated carbocycles. The molecule has 2 N–H and O–H groups in total. The van der Waals surface area contributed by atoms with Gasteiger partial charge in [0.25, 0.3) is 0 Å². The maximum Gasteiger partial charge on any atom is 0.240 e. The molecule has 118 valence electrons. The molecule has 0 amide bonds. The molecule has 0 unspecified atom stereocenters. The number of rotatable bonds is 5. The first-order valence-electron chi connectivity index (χ1n) is 7.66. The van der Waals surface area contributed by atoms with Gasteiger partial charge in [0, 0.05) is 24.9 Å². The van der Waals surface area contributed by atoms with E-state index in [1.807, 2.05) is 19.1 Å². The Labute approximate surface area is 131 Å². The second-order valence-electron chi connectivity index (χ2n) is 5.78. The molecule has 1 aromatic heterocycles. The van der Waals surface area contributed by atoms with Gasteiger partial charge in [-0.15, -0.1) is 0 Å². The number of aromatic amines is 1. The number of hydrogen-bond donors (Lipinski definition) is 2. The van der Waals surface area contributed by atoms with Crippen LogP contribution in [-0.2, 0) is 29.3 Å². The number of benzene rings is 1. The Morgan fingerprint density at radius 2 is 2.00 bits per heavy atom. The fourth-order valence-corrected chi connectivity index (χ4v) is 3.96. The van der Waals surface area contributed by atoms with Crippen LogP contribution in [0.25, 0.3) is 0 Å². The summed E-state index contributed by atoms with van der Waals surface area (Å²) in [6.45, 7) is 2.24. The number of H-pyrrole nitrogens is 1. The second-order valence-corrected chi connectivity index (χ2v) is 7.55. The number of hydrogen-bond acceptors (Lipinski definition) is 3. The van der Waals surface area contributed by atoms with E-state index in [2.05, 4.69) is 14.7 Å². The number of nitrogens with one attached hydrogen (secondary N) is 2. The Bertz CT molecular complexity index is 765. The van der Waals surface area contributed by atoms with E-state index in [1.165, 1.54) is 17.5 Å². The van der Waals surface area contributed by atoms with Gasteiger partial charge >= 0.3 is 0 Å². The molecule has 1 heterocycles. The van der Waals surface area contributed by atoms with Crippen molar-refractivity contribution in [1.82, 2.24) is 14.7 Å². The number of aryl methyl sites for hydroxylation is 3. The van der Waals surface area contributed by atoms with E-state index in [0.29, 0.717) is 17.9 Å². The zero-order chi connectivity index (χ0) is 15.6. The fourth-order valence-electron chi connectivity index (χ4n) is 2.88. The Morgan fingerprint density at radius 3 is 2.73 bits per heavy atom. The van der Waals surface area contributed by atoms with Crippen LogP contribution in [0.5, 0.6) is 0 Å². The average Bonchev–Trinajstić information content (AvgIpc) is 2.92. The van der Waals surface area contributed by atoms with Crippen LogP contribution < -0.4 is 4.72 Å². The largest absolute Gasteiger partial charge is 0.346 e. The summed E-state index contributed by atoms with van der Waals surface area (Å²) in [5.41, 5.74) is 3.40. The summed E-state index contributed by atoms with van der Waals surface area (Å²) < 4.78 is 27.4. The van der Waals surface area contributed by atoms with Crippen molar-refractivity contribution >= 4 is 10.0 Å². The van der Waals surface area contributed by atoms with Crippen molar-refractivity contribution < 1.29 is 8.42 Å². The molecule has 0 spiro atoms. The van der Waals surface area contributed by atoms with E-state index in [4.69, 9.17) is 0 Å². The average molecular weight is 319 g/mol. The summed E-state index contributed by atoms with van der Waals surface area (Å²) in [5.74, 6) is 0.840. The minimum absolute atomic E-state index is 0.362. The quantitative estimate of drug-likeness (QED) is 0.886. The lowest BCUT2D eigenvalue weighted by molar-refractivity contribution is 0.580. The first-order valence-corrected chi connectivity index (χ1v) is 9.15. The molecule has 0 fully saturated rings. The van der Waals surface area contributed by atoms with Gasteiger partial charge in [-0.2, -0.15) is 0 Å². The number of aromatic nitrogens is 2. The van der Waals surface area contributed by atoms with Crippen molar-refractivity contribution in [2.75, 3.05) is 6.54 Å². The van der Waals surface area contributed by atoms with E-state index in [0.717, 1.165) is 30.8 Å². The van der Waals surface area contributed by atoms with Crippen molar-refractivity contribution in [3.05, 3.63) is 47.0 Å². The SMILES string of the molecule is Cc1ncc(CCNS(=O)(=O)c2ccc3c(c2)CCCC3)[nH]1. The minimum atomic E-state index is -3.44. The molecule has 0 bridgehead atoms. The molecule has 0 saturated heterocycles. The van der Waals surface area contributed by atoms with E-state index in [9.17, 15) is 8.42 Å². The molecule has 22 heavy (non-hydrogen) atoms. The molecule has 1 aliphatic rings. The van der Waals surface area contributed by atoms with E-state index in [-0.39, 0.29) is 0 Å². The number of nitrogens with zero attached hydrogens (tertiary/aromatic N) is 1. The van der Waals surface area contributed by atoms with Crippen LogP contribution in [0, 0.1) is 6.92 Å². The predicted octanol–water partition coefficient (Wildman–Crippen LogP) is 2.12. The maximum atomic E-state index is 12.4. The van der Waals surface area contributed by atoms with Crippen LogP contribution in [0.2, 0.25) is 0 Å². The third-order valence-electron chi connectivity index (χ3n) is 4.07. The molecule has 1 aliphatic carbocycles. The Morgan fingerprint density at radius 1 is 1.23 bits per heavy atom. The van der Waals surface area contributed by atoms with Crippen LogP contribution in [0.4, 0.5) is 0 Å². The zero-order valence-electron chi connectivity index (χ0n) is 12.7. The molecule has 5 nitrogen and oxygen atoms in total. The van der Waals surface area contributed by atoms with Crippen LogP contribution >= 0.6 is 0 Å². The van der Waals surface area contributed by atoms with Crippen molar-refractivity contribution in [2.24, 2.45) is 0 Å². The Balaban J connectivity index is 1.67. The Hall–Kier alpha value is -1.66. The third kappa shape index (κ3) is 3.39. The summed E-state index contributed by atoms with van der Waals surface area (Å²) in [7, 11) is -3.44. The highest BCUT2D eigenvalue weighted by molar-refractivity contribution is 7.89. The lowest BCUT2D eigenvalue weighted by Gasteiger charge is -2.16. The van der Waals surface area contributed by atoms with E-state index in [1.54, 1.807) is 12.3 Å². The topological polar surface area (TPSA) is 74.8 Å². The van der Waals surface area contributed by atoms with Gasteiger partial charge < -0.3 is 4.98 Å². The van der Waals surface area contributed by atoms with Gasteiger partial charge in [0.05, 0.1) is 4.90 Å². The van der Waals surface area contributed by atoms with E-state index >= 15 is 0 Å². The summed E-state index contributed by atoms with van der Waals surface area (Å²) in [6, 6.07) is 5.51. The van der Waals surface area contributed by atoms with Crippen molar-refractivity contribution in [2.45, 2.75) is 43.9 Å². The monoisotopic (exact) mass is 319 g/mol. The minimum Gasteiger partial charge on any atom is -0.346 e. The predicted molar refractivity (Wildman–Crippen MR) is 85.3 cm³/mol. The standard InChI is InChI=1S/C16H21N3O2S/c1-12-17-11-15(19-12)8-9-18-22(20,21)16-7-6-13-4-2-3-5-14(13)10-16/h6-7,10-11,18H,2-5,8-9H2,1H3,(H,17,19). The van der Waals surface area contributed by atoms with Crippen molar-refractivity contribution in [3.63, 3.8) is 0 Å². The van der Waals surface area contributed by atoms with Gasteiger partial charge in [0.15, 0.2) is 0 Å². The van der Waals surface area contributed by atoms with Gasteiger partial charge in [-0.3, -0.25) is 0 Å². The van der Waals surface area contributed by atoms with Gasteiger partial charge in [-0.25, -0.2) is 18.1 Å². The molecular weight excluding hydrogens is 298 g/mol. The first kappa shape index (κ1) is 15.2. The second kappa shape index (κ2) is 6.22. The molecule has 2 aromatic rings. The fraction of sp³-hybridized carbons (Fsp3) is 0.438. The first-order chi connectivity index (χ1) is 10.5. The molecule has 0 aliphatic heterocycles. The third-order valence-corrected chi connectivity index (χ3v) is 5.53. The van der Waals surface area contributed by atoms with Crippen LogP contribution in [0.1, 0.15) is 35.5 Å². The molecule has 1 aromatic carbocycles. The zero-order valence-corrected chi connectivity index (χ0v) is 13.5. The van der Waals surface area contributed by atoms with E-state index < -0.39 is 10.0 Å². The summed E-state index contributed by atoms with van der Waals surface area (Å²) >= 11 is 0. The summed E-state index contributed by atoms with van der Waals surface area (Å²) in [6.07, 6.45) is 6.71. The molecular formula is C16H21N3O2S. The number of sulfonamides is 1. The summed E-state index contributed by atoms with van der Waals surface area (Å²) in [4.78, 5) is 7.57. The molecule has 0 radical (unpaired) electrons. The van der Waals surface area contributed by atoms with Crippen LogP contribution in [-0.4, -0.2) is 24.9 Å². The highest BCUT2D eigenvalue weighted by Crippen LogP contribution is 2.23.